The summed E-state index contributed by atoms with van der Waals surface area (Å²) >= 11 is 1.43. The van der Waals surface area contributed by atoms with Crippen LogP contribution >= 0.6 is 11.3 Å². The molecular weight excluding hydrogens is 562 g/mol. The zero-order valence-corrected chi connectivity index (χ0v) is 22.4. The van der Waals surface area contributed by atoms with Crippen molar-refractivity contribution in [3.63, 3.8) is 0 Å². The maximum atomic E-state index is 15.0. The van der Waals surface area contributed by atoms with Gasteiger partial charge in [0.1, 0.15) is 21.2 Å². The van der Waals surface area contributed by atoms with Gasteiger partial charge in [-0.05, 0) is 48.2 Å². The van der Waals surface area contributed by atoms with Gasteiger partial charge in [-0.15, -0.1) is 0 Å². The van der Waals surface area contributed by atoms with Gasteiger partial charge in [-0.25, -0.2) is 19.2 Å². The molecule has 0 atom stereocenters. The van der Waals surface area contributed by atoms with Crippen LogP contribution in [0.5, 0.6) is 0 Å². The summed E-state index contributed by atoms with van der Waals surface area (Å²) in [5.41, 5.74) is 4.43. The number of thiazole rings is 1. The van der Waals surface area contributed by atoms with Gasteiger partial charge in [0.25, 0.3) is 0 Å². The number of carboxylic acid groups (broad SMARTS) is 2. The lowest BCUT2D eigenvalue weighted by atomic mass is 9.62. The number of fused-ring (bicyclic) bond motifs is 1. The fraction of sp³-hybridized carbons (Fsp3) is 0.310. The Bertz CT molecular complexity index is 1580. The number of hydrogen-bond donors (Lipinski definition) is 2. The summed E-state index contributed by atoms with van der Waals surface area (Å²) in [6.45, 7) is 1.57. The van der Waals surface area contributed by atoms with Crippen molar-refractivity contribution >= 4 is 33.6 Å². The average Bonchev–Trinajstić information content (AvgIpc) is 3.29. The Hall–Kier alpha value is -3.90. The van der Waals surface area contributed by atoms with E-state index in [9.17, 15) is 18.0 Å². The quantitative estimate of drug-likeness (QED) is 0.262. The van der Waals surface area contributed by atoms with E-state index in [1.165, 1.54) is 29.4 Å². The van der Waals surface area contributed by atoms with E-state index in [0.29, 0.717) is 30.2 Å². The van der Waals surface area contributed by atoms with Crippen LogP contribution in [-0.4, -0.2) is 56.3 Å². The highest BCUT2D eigenvalue weighted by atomic mass is 32.1. The van der Waals surface area contributed by atoms with Gasteiger partial charge in [0, 0.05) is 30.6 Å². The molecule has 0 radical (unpaired) electrons. The number of carbonyl (C=O) groups is 2. The van der Waals surface area contributed by atoms with Gasteiger partial charge in [0.2, 0.25) is 0 Å². The zero-order chi connectivity index (χ0) is 29.4. The summed E-state index contributed by atoms with van der Waals surface area (Å²) in [6.07, 6.45) is -1.72. The Morgan fingerprint density at radius 2 is 1.68 bits per heavy atom. The predicted octanol–water partition coefficient (Wildman–Crippen LogP) is 6.12. The second-order valence-corrected chi connectivity index (χ2v) is 11.2. The number of benzene rings is 2. The van der Waals surface area contributed by atoms with Gasteiger partial charge in [-0.1, -0.05) is 54.2 Å². The third-order valence-electron chi connectivity index (χ3n) is 7.50. The van der Waals surface area contributed by atoms with Crippen molar-refractivity contribution in [2.24, 2.45) is 5.92 Å². The molecule has 6 rings (SSSR count). The van der Waals surface area contributed by atoms with Crippen molar-refractivity contribution in [1.82, 2.24) is 14.9 Å². The van der Waals surface area contributed by atoms with Gasteiger partial charge >= 0.3 is 18.1 Å². The molecule has 41 heavy (non-hydrogen) atoms. The van der Waals surface area contributed by atoms with Gasteiger partial charge in [-0.2, -0.15) is 13.2 Å². The first-order chi connectivity index (χ1) is 19.5. The fourth-order valence-corrected chi connectivity index (χ4v) is 6.09. The third-order valence-corrected chi connectivity index (χ3v) is 8.50. The van der Waals surface area contributed by atoms with Crippen molar-refractivity contribution in [3.8, 4) is 10.6 Å². The molecule has 2 aliphatic rings. The van der Waals surface area contributed by atoms with E-state index in [1.54, 1.807) is 6.07 Å². The summed E-state index contributed by atoms with van der Waals surface area (Å²) in [6, 6.07) is 19.9. The molecule has 0 bridgehead atoms. The maximum Gasteiger partial charge on any atom is 0.490 e. The molecule has 0 unspecified atom stereocenters. The Balaban J connectivity index is 0.000000431. The molecule has 2 aromatic carbocycles. The minimum absolute atomic E-state index is 0.0387. The van der Waals surface area contributed by atoms with Crippen LogP contribution in [0.4, 0.5) is 17.6 Å². The highest BCUT2D eigenvalue weighted by Crippen LogP contribution is 2.48. The van der Waals surface area contributed by atoms with Crippen LogP contribution in [-0.2, 0) is 21.5 Å². The highest BCUT2D eigenvalue weighted by molar-refractivity contribution is 7.21. The number of rotatable bonds is 6. The SMILES string of the molecule is O=C(O)C(F)(F)F.O=C(O)C1CN(Cc2ccc(-c3nc4ccc(C5(c6ccccc6)CCC5)nc4s3)c(F)c2)C1. The van der Waals surface area contributed by atoms with Crippen LogP contribution in [0.1, 0.15) is 36.1 Å². The van der Waals surface area contributed by atoms with E-state index in [4.69, 9.17) is 20.0 Å². The number of pyridine rings is 1. The summed E-state index contributed by atoms with van der Waals surface area (Å²) in [5.74, 6) is -4.15. The van der Waals surface area contributed by atoms with Gasteiger partial charge in [0.15, 0.2) is 0 Å². The minimum atomic E-state index is -5.08. The normalized spacial score (nSPS) is 16.8. The molecule has 3 heterocycles. The molecule has 12 heteroatoms. The summed E-state index contributed by atoms with van der Waals surface area (Å²) in [4.78, 5) is 32.4. The second kappa shape index (κ2) is 11.2. The monoisotopic (exact) mass is 587 g/mol. The van der Waals surface area contributed by atoms with Crippen molar-refractivity contribution in [3.05, 3.63) is 83.3 Å². The molecule has 2 N–H and O–H groups in total. The number of aliphatic carboxylic acids is 2. The van der Waals surface area contributed by atoms with Crippen LogP contribution in [0.2, 0.25) is 0 Å². The van der Waals surface area contributed by atoms with Gasteiger partial charge < -0.3 is 10.2 Å². The maximum absolute atomic E-state index is 15.0. The lowest BCUT2D eigenvalue weighted by molar-refractivity contribution is -0.192. The first kappa shape index (κ1) is 28.6. The first-order valence-electron chi connectivity index (χ1n) is 12.8. The molecule has 4 aromatic rings. The lowest BCUT2D eigenvalue weighted by Gasteiger charge is -2.42. The Morgan fingerprint density at radius 3 is 2.24 bits per heavy atom. The standard InChI is InChI=1S/C27H24FN3O2S.C2HF3O2/c28-21-13-17(14-31-15-18(16-31)26(32)33)7-8-20(21)24-29-22-9-10-23(30-25(22)34-24)27(11-4-12-27)19-5-2-1-3-6-19;3-2(4,5)1(6)7/h1-3,5-10,13,18H,4,11-12,14-16H2,(H,32,33);(H,6,7). The van der Waals surface area contributed by atoms with Gasteiger partial charge in [0.05, 0.1) is 11.6 Å². The number of hydrogen-bond acceptors (Lipinski definition) is 6. The van der Waals surface area contributed by atoms with Crippen molar-refractivity contribution in [2.45, 2.75) is 37.4 Å². The number of likely N-dealkylation sites (tertiary alicyclic amines) is 1. The largest absolute Gasteiger partial charge is 0.490 e. The van der Waals surface area contributed by atoms with E-state index in [0.717, 1.165) is 34.4 Å². The second-order valence-electron chi connectivity index (χ2n) is 10.2. The molecule has 1 aliphatic heterocycles. The summed E-state index contributed by atoms with van der Waals surface area (Å²) < 4.78 is 46.8. The molecule has 7 nitrogen and oxygen atoms in total. The molecule has 1 aliphatic carbocycles. The summed E-state index contributed by atoms with van der Waals surface area (Å²) in [7, 11) is 0. The molecule has 0 amide bonds. The minimum Gasteiger partial charge on any atom is -0.481 e. The zero-order valence-electron chi connectivity index (χ0n) is 21.6. The number of aromatic nitrogens is 2. The van der Waals surface area contributed by atoms with Crippen LogP contribution < -0.4 is 0 Å². The van der Waals surface area contributed by atoms with Crippen molar-refractivity contribution in [2.75, 3.05) is 13.1 Å². The number of alkyl halides is 3. The Morgan fingerprint density at radius 1 is 1.00 bits per heavy atom. The van der Waals surface area contributed by atoms with Crippen molar-refractivity contribution < 1.29 is 37.4 Å². The van der Waals surface area contributed by atoms with Gasteiger partial charge in [-0.3, -0.25) is 9.69 Å². The number of nitrogens with zero attached hydrogens (tertiary/aromatic N) is 3. The summed E-state index contributed by atoms with van der Waals surface area (Å²) in [5, 5.41) is 16.8. The van der Waals surface area contributed by atoms with E-state index < -0.39 is 18.1 Å². The Kier molecular flexibility index (Phi) is 7.80. The highest BCUT2D eigenvalue weighted by Gasteiger charge is 2.42. The molecule has 1 saturated heterocycles. The lowest BCUT2D eigenvalue weighted by Crippen LogP contribution is -2.49. The van der Waals surface area contributed by atoms with Crippen LogP contribution in [0, 0.1) is 11.7 Å². The molecule has 2 fully saturated rings. The third kappa shape index (κ3) is 5.94. The molecule has 0 spiro atoms. The first-order valence-corrected chi connectivity index (χ1v) is 13.7. The molecule has 2 aromatic heterocycles. The predicted molar refractivity (Wildman–Crippen MR) is 144 cm³/mol. The van der Waals surface area contributed by atoms with E-state index in [1.807, 2.05) is 23.1 Å². The average molecular weight is 588 g/mol. The van der Waals surface area contributed by atoms with Crippen LogP contribution in [0.15, 0.2) is 60.7 Å². The molecule has 1 saturated carbocycles. The number of halogens is 4. The van der Waals surface area contributed by atoms with Crippen LogP contribution in [0.3, 0.4) is 0 Å². The van der Waals surface area contributed by atoms with E-state index >= 15 is 4.39 Å². The fourth-order valence-electron chi connectivity index (χ4n) is 5.12. The van der Waals surface area contributed by atoms with Crippen molar-refractivity contribution in [1.29, 1.82) is 0 Å². The molecule has 214 valence electrons. The van der Waals surface area contributed by atoms with Crippen LogP contribution in [0.25, 0.3) is 20.9 Å². The number of carboxylic acids is 2. The van der Waals surface area contributed by atoms with E-state index in [2.05, 4.69) is 35.3 Å². The topological polar surface area (TPSA) is 104 Å². The molecular formula is C29H25F4N3O4S. The smallest absolute Gasteiger partial charge is 0.481 e. The van der Waals surface area contributed by atoms with E-state index in [-0.39, 0.29) is 17.2 Å². The Labute approximate surface area is 236 Å².